The van der Waals surface area contributed by atoms with Crippen LogP contribution < -0.4 is 5.73 Å². The standard InChI is InChI=1S/C13H16BrN3O2/c1-8-3-4-9(7-10(8)14)12-16-13(19-17-12)11(15)5-6-18-2/h3-4,7,11H,5-6,15H2,1-2H3. The molecule has 0 aliphatic carbocycles. The van der Waals surface area contributed by atoms with Crippen LogP contribution >= 0.6 is 15.9 Å². The van der Waals surface area contributed by atoms with Crippen LogP contribution in [0.15, 0.2) is 27.2 Å². The van der Waals surface area contributed by atoms with Crippen LogP contribution in [-0.2, 0) is 4.74 Å². The molecule has 0 spiro atoms. The number of halogens is 1. The summed E-state index contributed by atoms with van der Waals surface area (Å²) in [6.45, 7) is 2.59. The monoisotopic (exact) mass is 325 g/mol. The Balaban J connectivity index is 2.18. The fraction of sp³-hybridized carbons (Fsp3) is 0.385. The fourth-order valence-electron chi connectivity index (χ4n) is 1.60. The number of rotatable bonds is 5. The Morgan fingerprint density at radius 1 is 1.47 bits per heavy atom. The lowest BCUT2D eigenvalue weighted by molar-refractivity contribution is 0.182. The molecular formula is C13H16BrN3O2. The molecule has 1 unspecified atom stereocenters. The third-order valence-electron chi connectivity index (χ3n) is 2.82. The van der Waals surface area contributed by atoms with E-state index in [1.54, 1.807) is 7.11 Å². The zero-order valence-electron chi connectivity index (χ0n) is 10.9. The van der Waals surface area contributed by atoms with E-state index in [0.717, 1.165) is 15.6 Å². The minimum absolute atomic E-state index is 0.296. The van der Waals surface area contributed by atoms with Gasteiger partial charge in [-0.3, -0.25) is 0 Å². The molecule has 0 aliphatic heterocycles. The highest BCUT2D eigenvalue weighted by Crippen LogP contribution is 2.24. The SMILES string of the molecule is COCCC(N)c1nc(-c2ccc(C)c(Br)c2)no1. The molecule has 2 N–H and O–H groups in total. The number of nitrogens with two attached hydrogens (primary N) is 1. The van der Waals surface area contributed by atoms with Crippen LogP contribution in [0.4, 0.5) is 0 Å². The summed E-state index contributed by atoms with van der Waals surface area (Å²) in [4.78, 5) is 4.32. The molecule has 5 nitrogen and oxygen atoms in total. The van der Waals surface area contributed by atoms with Crippen molar-refractivity contribution in [2.75, 3.05) is 13.7 Å². The lowest BCUT2D eigenvalue weighted by Gasteiger charge is -2.04. The van der Waals surface area contributed by atoms with Gasteiger partial charge in [-0.25, -0.2) is 0 Å². The molecule has 2 rings (SSSR count). The van der Waals surface area contributed by atoms with Gasteiger partial charge in [0.2, 0.25) is 11.7 Å². The largest absolute Gasteiger partial charge is 0.385 e. The number of nitrogens with zero attached hydrogens (tertiary/aromatic N) is 2. The van der Waals surface area contributed by atoms with Crippen LogP contribution in [0.3, 0.4) is 0 Å². The molecule has 0 aliphatic rings. The van der Waals surface area contributed by atoms with E-state index in [-0.39, 0.29) is 6.04 Å². The van der Waals surface area contributed by atoms with Gasteiger partial charge in [-0.2, -0.15) is 4.98 Å². The molecule has 0 radical (unpaired) electrons. The molecule has 102 valence electrons. The van der Waals surface area contributed by atoms with E-state index in [4.69, 9.17) is 15.0 Å². The molecule has 0 bridgehead atoms. The van der Waals surface area contributed by atoms with Gasteiger partial charge in [-0.05, 0) is 25.0 Å². The number of aryl methyl sites for hydroxylation is 1. The molecule has 2 aromatic rings. The highest BCUT2D eigenvalue weighted by molar-refractivity contribution is 9.10. The topological polar surface area (TPSA) is 74.2 Å². The average molecular weight is 326 g/mol. The minimum Gasteiger partial charge on any atom is -0.385 e. The molecule has 0 fully saturated rings. The first-order valence-corrected chi connectivity index (χ1v) is 6.75. The molecule has 6 heteroatoms. The van der Waals surface area contributed by atoms with Crippen molar-refractivity contribution in [3.63, 3.8) is 0 Å². The Hall–Kier alpha value is -1.24. The smallest absolute Gasteiger partial charge is 0.243 e. The number of benzene rings is 1. The van der Waals surface area contributed by atoms with E-state index in [1.165, 1.54) is 0 Å². The number of methoxy groups -OCH3 is 1. The second kappa shape index (κ2) is 6.27. The van der Waals surface area contributed by atoms with Gasteiger partial charge in [0, 0.05) is 23.8 Å². The average Bonchev–Trinajstić information content (AvgIpc) is 2.89. The molecule has 19 heavy (non-hydrogen) atoms. The predicted molar refractivity (Wildman–Crippen MR) is 75.6 cm³/mol. The molecule has 0 saturated carbocycles. The van der Waals surface area contributed by atoms with Gasteiger partial charge in [0.1, 0.15) is 0 Å². The zero-order chi connectivity index (χ0) is 13.8. The van der Waals surface area contributed by atoms with Crippen molar-refractivity contribution >= 4 is 15.9 Å². The quantitative estimate of drug-likeness (QED) is 0.914. The molecule has 0 saturated heterocycles. The lowest BCUT2D eigenvalue weighted by atomic mass is 10.1. The van der Waals surface area contributed by atoms with E-state index in [2.05, 4.69) is 26.1 Å². The number of aromatic nitrogens is 2. The molecule has 1 aromatic heterocycles. The first-order chi connectivity index (χ1) is 9.11. The second-order valence-corrected chi connectivity index (χ2v) is 5.16. The Morgan fingerprint density at radius 2 is 2.26 bits per heavy atom. The fourth-order valence-corrected chi connectivity index (χ4v) is 1.98. The highest BCUT2D eigenvalue weighted by Gasteiger charge is 2.15. The van der Waals surface area contributed by atoms with Gasteiger partial charge in [0.05, 0.1) is 6.04 Å². The van der Waals surface area contributed by atoms with Crippen LogP contribution in [0, 0.1) is 6.92 Å². The second-order valence-electron chi connectivity index (χ2n) is 4.31. The maximum atomic E-state index is 5.94. The molecule has 0 amide bonds. The first kappa shape index (κ1) is 14.2. The number of ether oxygens (including phenoxy) is 1. The maximum absolute atomic E-state index is 5.94. The van der Waals surface area contributed by atoms with E-state index in [1.807, 2.05) is 25.1 Å². The summed E-state index contributed by atoms with van der Waals surface area (Å²) in [5.41, 5.74) is 7.99. The Bertz CT molecular complexity index is 557. The van der Waals surface area contributed by atoms with E-state index in [0.29, 0.717) is 24.7 Å². The summed E-state index contributed by atoms with van der Waals surface area (Å²) >= 11 is 3.49. The third kappa shape index (κ3) is 3.40. The summed E-state index contributed by atoms with van der Waals surface area (Å²) in [5.74, 6) is 0.979. The molecular weight excluding hydrogens is 310 g/mol. The summed E-state index contributed by atoms with van der Waals surface area (Å²) < 4.78 is 11.2. The Labute approximate surface area is 120 Å². The van der Waals surface area contributed by atoms with Gasteiger partial charge in [-0.15, -0.1) is 0 Å². The number of hydrogen-bond donors (Lipinski definition) is 1. The van der Waals surface area contributed by atoms with Crippen LogP contribution in [0.2, 0.25) is 0 Å². The van der Waals surface area contributed by atoms with Crippen molar-refractivity contribution in [3.05, 3.63) is 34.1 Å². The van der Waals surface area contributed by atoms with Crippen molar-refractivity contribution in [2.45, 2.75) is 19.4 Å². The van der Waals surface area contributed by atoms with Gasteiger partial charge in [-0.1, -0.05) is 33.2 Å². The normalized spacial score (nSPS) is 12.6. The van der Waals surface area contributed by atoms with Gasteiger partial charge < -0.3 is 15.0 Å². The van der Waals surface area contributed by atoms with Gasteiger partial charge in [0.25, 0.3) is 0 Å². The van der Waals surface area contributed by atoms with Crippen molar-refractivity contribution in [3.8, 4) is 11.4 Å². The summed E-state index contributed by atoms with van der Waals surface area (Å²) in [6.07, 6.45) is 0.649. The first-order valence-electron chi connectivity index (χ1n) is 5.96. The van der Waals surface area contributed by atoms with Crippen LogP contribution in [0.25, 0.3) is 11.4 Å². The van der Waals surface area contributed by atoms with Crippen LogP contribution in [0.1, 0.15) is 23.9 Å². The molecule has 1 heterocycles. The number of hydrogen-bond acceptors (Lipinski definition) is 5. The van der Waals surface area contributed by atoms with Crippen molar-refractivity contribution in [1.82, 2.24) is 10.1 Å². The van der Waals surface area contributed by atoms with Gasteiger partial charge in [0.15, 0.2) is 0 Å². The minimum atomic E-state index is -0.296. The predicted octanol–water partition coefficient (Wildman–Crippen LogP) is 2.84. The van der Waals surface area contributed by atoms with Crippen molar-refractivity contribution < 1.29 is 9.26 Å². The van der Waals surface area contributed by atoms with Gasteiger partial charge >= 0.3 is 0 Å². The zero-order valence-corrected chi connectivity index (χ0v) is 12.5. The maximum Gasteiger partial charge on any atom is 0.243 e. The van der Waals surface area contributed by atoms with Crippen LogP contribution in [-0.4, -0.2) is 23.9 Å². The van der Waals surface area contributed by atoms with Crippen molar-refractivity contribution in [1.29, 1.82) is 0 Å². The molecule has 1 aromatic carbocycles. The summed E-state index contributed by atoms with van der Waals surface area (Å²) in [7, 11) is 1.63. The summed E-state index contributed by atoms with van der Waals surface area (Å²) in [5, 5.41) is 3.96. The molecule has 1 atom stereocenters. The Morgan fingerprint density at radius 3 is 2.95 bits per heavy atom. The van der Waals surface area contributed by atoms with Crippen molar-refractivity contribution in [2.24, 2.45) is 5.73 Å². The lowest BCUT2D eigenvalue weighted by Crippen LogP contribution is -2.12. The van der Waals surface area contributed by atoms with E-state index in [9.17, 15) is 0 Å². The van der Waals surface area contributed by atoms with E-state index < -0.39 is 0 Å². The highest BCUT2D eigenvalue weighted by atomic mass is 79.9. The Kier molecular flexibility index (Phi) is 4.68. The summed E-state index contributed by atoms with van der Waals surface area (Å²) in [6, 6.07) is 5.62. The van der Waals surface area contributed by atoms with Crippen LogP contribution in [0.5, 0.6) is 0 Å². The van der Waals surface area contributed by atoms with E-state index >= 15 is 0 Å². The third-order valence-corrected chi connectivity index (χ3v) is 3.68.